The molecular formula is C21H23NO4. The second-order valence-corrected chi connectivity index (χ2v) is 5.37. The Morgan fingerprint density at radius 2 is 1.31 bits per heavy atom. The van der Waals surface area contributed by atoms with Crippen LogP contribution in [-0.2, 0) is 0 Å². The van der Waals surface area contributed by atoms with E-state index in [4.69, 9.17) is 9.47 Å². The summed E-state index contributed by atoms with van der Waals surface area (Å²) in [6, 6.07) is 13.7. The number of imide groups is 1. The molecule has 0 fully saturated rings. The van der Waals surface area contributed by atoms with Gasteiger partial charge in [0.15, 0.2) is 0 Å². The van der Waals surface area contributed by atoms with Gasteiger partial charge in [-0.05, 0) is 38.1 Å². The minimum atomic E-state index is -0.440. The summed E-state index contributed by atoms with van der Waals surface area (Å²) in [5, 5.41) is 0. The molecule has 0 bridgehead atoms. The van der Waals surface area contributed by atoms with Gasteiger partial charge in [0.05, 0.1) is 24.3 Å². The van der Waals surface area contributed by atoms with Crippen LogP contribution in [0.25, 0.3) is 0 Å². The lowest BCUT2D eigenvalue weighted by Gasteiger charge is -2.22. The molecule has 0 aliphatic heterocycles. The van der Waals surface area contributed by atoms with Crippen LogP contribution in [0.5, 0.6) is 11.5 Å². The molecule has 0 aromatic heterocycles. The number of carbonyl (C=O) groups is 2. The van der Waals surface area contributed by atoms with Crippen molar-refractivity contribution in [3.05, 3.63) is 72.3 Å². The summed E-state index contributed by atoms with van der Waals surface area (Å²) in [5.74, 6) is 0.00964. The zero-order valence-electron chi connectivity index (χ0n) is 15.1. The summed E-state index contributed by atoms with van der Waals surface area (Å²) in [4.78, 5) is 27.2. The van der Waals surface area contributed by atoms with Gasteiger partial charge in [0.25, 0.3) is 11.8 Å². The summed E-state index contributed by atoms with van der Waals surface area (Å²) in [6.07, 6.45) is 1.52. The molecule has 0 N–H and O–H groups in total. The molecule has 5 nitrogen and oxygen atoms in total. The number of benzene rings is 2. The molecule has 0 saturated carbocycles. The highest BCUT2D eigenvalue weighted by atomic mass is 16.5. The molecule has 0 saturated heterocycles. The fourth-order valence-corrected chi connectivity index (χ4v) is 2.53. The van der Waals surface area contributed by atoms with Crippen molar-refractivity contribution in [2.45, 2.75) is 13.8 Å². The van der Waals surface area contributed by atoms with E-state index in [0.29, 0.717) is 35.8 Å². The molecule has 0 spiro atoms. The van der Waals surface area contributed by atoms with E-state index in [2.05, 4.69) is 6.58 Å². The SMILES string of the molecule is C=CCN(C(=O)c1ccccc1OCC)C(=O)c1ccccc1OCC. The average Bonchev–Trinajstić information content (AvgIpc) is 2.66. The van der Waals surface area contributed by atoms with Crippen LogP contribution in [-0.4, -0.2) is 36.5 Å². The van der Waals surface area contributed by atoms with Crippen LogP contribution in [0, 0.1) is 0 Å². The minimum absolute atomic E-state index is 0.0819. The second kappa shape index (κ2) is 9.42. The minimum Gasteiger partial charge on any atom is -0.493 e. The third kappa shape index (κ3) is 4.30. The van der Waals surface area contributed by atoms with Gasteiger partial charge in [-0.25, -0.2) is 0 Å². The standard InChI is InChI=1S/C21H23NO4/c1-4-15-22(20(23)16-11-7-9-13-18(16)25-5-2)21(24)17-12-8-10-14-19(17)26-6-3/h4,7-14H,1,5-6,15H2,2-3H3. The van der Waals surface area contributed by atoms with E-state index < -0.39 is 11.8 Å². The maximum absolute atomic E-state index is 13.1. The van der Waals surface area contributed by atoms with Crippen LogP contribution in [0.2, 0.25) is 0 Å². The predicted octanol–water partition coefficient (Wildman–Crippen LogP) is 3.95. The topological polar surface area (TPSA) is 55.8 Å². The van der Waals surface area contributed by atoms with Crippen molar-refractivity contribution in [3.63, 3.8) is 0 Å². The number of hydrogen-bond donors (Lipinski definition) is 0. The number of hydrogen-bond acceptors (Lipinski definition) is 4. The van der Waals surface area contributed by atoms with Gasteiger partial charge in [0.2, 0.25) is 0 Å². The Balaban J connectivity index is 2.41. The lowest BCUT2D eigenvalue weighted by molar-refractivity contribution is 0.0630. The van der Waals surface area contributed by atoms with Crippen LogP contribution in [0.15, 0.2) is 61.2 Å². The van der Waals surface area contributed by atoms with E-state index in [1.165, 1.54) is 6.08 Å². The first-order valence-electron chi connectivity index (χ1n) is 8.54. The quantitative estimate of drug-likeness (QED) is 0.533. The van der Waals surface area contributed by atoms with Gasteiger partial charge in [-0.1, -0.05) is 30.3 Å². The number of nitrogens with zero attached hydrogens (tertiary/aromatic N) is 1. The fraction of sp³-hybridized carbons (Fsp3) is 0.238. The van der Waals surface area contributed by atoms with Gasteiger partial charge in [0.1, 0.15) is 11.5 Å². The van der Waals surface area contributed by atoms with Gasteiger partial charge in [-0.2, -0.15) is 0 Å². The fourth-order valence-electron chi connectivity index (χ4n) is 2.53. The van der Waals surface area contributed by atoms with Gasteiger partial charge in [-0.3, -0.25) is 14.5 Å². The van der Waals surface area contributed by atoms with Crippen molar-refractivity contribution in [3.8, 4) is 11.5 Å². The van der Waals surface area contributed by atoms with E-state index in [9.17, 15) is 9.59 Å². The van der Waals surface area contributed by atoms with E-state index in [-0.39, 0.29) is 6.54 Å². The number of para-hydroxylation sites is 2. The normalized spacial score (nSPS) is 10.1. The highest BCUT2D eigenvalue weighted by molar-refractivity contribution is 6.12. The van der Waals surface area contributed by atoms with Crippen LogP contribution < -0.4 is 9.47 Å². The largest absolute Gasteiger partial charge is 0.493 e. The van der Waals surface area contributed by atoms with Gasteiger partial charge in [-0.15, -0.1) is 6.58 Å². The summed E-state index contributed by atoms with van der Waals surface area (Å²) in [7, 11) is 0. The second-order valence-electron chi connectivity index (χ2n) is 5.37. The zero-order valence-corrected chi connectivity index (χ0v) is 15.1. The molecule has 136 valence electrons. The Hall–Kier alpha value is -3.08. The third-order valence-corrected chi connectivity index (χ3v) is 3.64. The van der Waals surface area contributed by atoms with Gasteiger partial charge >= 0.3 is 0 Å². The smallest absolute Gasteiger partial charge is 0.264 e. The summed E-state index contributed by atoms with van der Waals surface area (Å²) < 4.78 is 11.0. The highest BCUT2D eigenvalue weighted by Crippen LogP contribution is 2.24. The Morgan fingerprint density at radius 1 is 0.885 bits per heavy atom. The van der Waals surface area contributed by atoms with E-state index in [1.54, 1.807) is 48.5 Å². The molecule has 0 unspecified atom stereocenters. The number of rotatable bonds is 8. The van der Waals surface area contributed by atoms with Gasteiger partial charge < -0.3 is 9.47 Å². The number of ether oxygens (including phenoxy) is 2. The Kier molecular flexibility index (Phi) is 6.97. The highest BCUT2D eigenvalue weighted by Gasteiger charge is 2.27. The number of carbonyl (C=O) groups excluding carboxylic acids is 2. The molecule has 2 amide bonds. The Labute approximate surface area is 153 Å². The molecule has 2 aromatic rings. The maximum atomic E-state index is 13.1. The predicted molar refractivity (Wildman–Crippen MR) is 101 cm³/mol. The van der Waals surface area contributed by atoms with Crippen LogP contribution in [0.3, 0.4) is 0 Å². The molecular weight excluding hydrogens is 330 g/mol. The molecule has 5 heteroatoms. The van der Waals surface area contributed by atoms with Crippen molar-refractivity contribution < 1.29 is 19.1 Å². The molecule has 0 aliphatic rings. The van der Waals surface area contributed by atoms with Crippen molar-refractivity contribution in [1.29, 1.82) is 0 Å². The number of amides is 2. The van der Waals surface area contributed by atoms with Crippen molar-refractivity contribution in [2.24, 2.45) is 0 Å². The third-order valence-electron chi connectivity index (χ3n) is 3.64. The Bertz CT molecular complexity index is 724. The Morgan fingerprint density at radius 3 is 1.69 bits per heavy atom. The van der Waals surface area contributed by atoms with Gasteiger partial charge in [0, 0.05) is 6.54 Å². The van der Waals surface area contributed by atoms with E-state index >= 15 is 0 Å². The summed E-state index contributed by atoms with van der Waals surface area (Å²) in [5.41, 5.74) is 0.664. The first-order valence-corrected chi connectivity index (χ1v) is 8.54. The zero-order chi connectivity index (χ0) is 18.9. The molecule has 26 heavy (non-hydrogen) atoms. The molecule has 2 rings (SSSR count). The molecule has 0 atom stereocenters. The first-order chi connectivity index (χ1) is 12.6. The van der Waals surface area contributed by atoms with Crippen molar-refractivity contribution >= 4 is 11.8 Å². The average molecular weight is 353 g/mol. The van der Waals surface area contributed by atoms with Crippen LogP contribution >= 0.6 is 0 Å². The van der Waals surface area contributed by atoms with Crippen LogP contribution in [0.4, 0.5) is 0 Å². The summed E-state index contributed by atoms with van der Waals surface area (Å²) in [6.45, 7) is 8.27. The lowest BCUT2D eigenvalue weighted by atomic mass is 10.1. The van der Waals surface area contributed by atoms with E-state index in [0.717, 1.165) is 4.90 Å². The molecule has 0 heterocycles. The van der Waals surface area contributed by atoms with Crippen molar-refractivity contribution in [2.75, 3.05) is 19.8 Å². The molecule has 0 radical (unpaired) electrons. The van der Waals surface area contributed by atoms with E-state index in [1.807, 2.05) is 13.8 Å². The van der Waals surface area contributed by atoms with Crippen molar-refractivity contribution in [1.82, 2.24) is 4.90 Å². The molecule has 0 aliphatic carbocycles. The maximum Gasteiger partial charge on any atom is 0.264 e. The first kappa shape index (κ1) is 19.2. The summed E-state index contributed by atoms with van der Waals surface area (Å²) >= 11 is 0. The van der Waals surface area contributed by atoms with Crippen LogP contribution in [0.1, 0.15) is 34.6 Å². The lowest BCUT2D eigenvalue weighted by Crippen LogP contribution is -2.37. The monoisotopic (exact) mass is 353 g/mol. The molecule has 2 aromatic carbocycles.